The monoisotopic (exact) mass is 591 g/mol. The molecule has 9 aromatic rings. The Hall–Kier alpha value is -5.71. The highest BCUT2D eigenvalue weighted by Gasteiger charge is 2.18. The molecule has 0 aliphatic rings. The second kappa shape index (κ2) is 10.5. The minimum Gasteiger partial charge on any atom is -0.208 e. The zero-order valence-corrected chi connectivity index (χ0v) is 25.0. The van der Waals surface area contributed by atoms with Gasteiger partial charge in [-0.05, 0) is 61.5 Å². The van der Waals surface area contributed by atoms with Crippen molar-refractivity contribution in [1.82, 2.24) is 15.0 Å². The van der Waals surface area contributed by atoms with Crippen molar-refractivity contribution in [2.24, 2.45) is 0 Å². The molecule has 9 rings (SSSR count). The van der Waals surface area contributed by atoms with Crippen LogP contribution in [0.3, 0.4) is 0 Å². The maximum atomic E-state index is 5.20. The molecule has 0 saturated carbocycles. The van der Waals surface area contributed by atoms with Gasteiger partial charge in [0.05, 0.1) is 0 Å². The Balaban J connectivity index is 1.27. The summed E-state index contributed by atoms with van der Waals surface area (Å²) in [6.45, 7) is 0. The third kappa shape index (κ3) is 4.46. The Morgan fingerprint density at radius 1 is 0.356 bits per heavy atom. The van der Waals surface area contributed by atoms with Crippen LogP contribution < -0.4 is 0 Å². The first kappa shape index (κ1) is 25.8. The molecule has 0 bridgehead atoms. The quantitative estimate of drug-likeness (QED) is 0.151. The second-order valence-electron chi connectivity index (χ2n) is 11.3. The van der Waals surface area contributed by atoms with Crippen LogP contribution in [0.4, 0.5) is 0 Å². The Kier molecular flexibility index (Phi) is 6.00. The smallest absolute Gasteiger partial charge is 0.165 e. The summed E-state index contributed by atoms with van der Waals surface area (Å²) in [5, 5.41) is 8.30. The molecule has 0 amide bonds. The molecule has 3 nitrogen and oxygen atoms in total. The molecule has 0 atom stereocenters. The van der Waals surface area contributed by atoms with E-state index in [0.717, 1.165) is 32.8 Å². The van der Waals surface area contributed by atoms with Crippen LogP contribution in [0.25, 0.3) is 87.0 Å². The van der Waals surface area contributed by atoms with Crippen LogP contribution in [0, 0.1) is 0 Å². The van der Waals surface area contributed by atoms with Crippen LogP contribution in [0.5, 0.6) is 0 Å². The summed E-state index contributed by atoms with van der Waals surface area (Å²) >= 11 is 1.81. The largest absolute Gasteiger partial charge is 0.208 e. The molecule has 2 heterocycles. The Labute approximate surface area is 264 Å². The predicted molar refractivity (Wildman–Crippen MR) is 189 cm³/mol. The Morgan fingerprint density at radius 2 is 0.956 bits per heavy atom. The second-order valence-corrected chi connectivity index (χ2v) is 12.3. The molecule has 4 heteroatoms. The molecule has 2 aromatic heterocycles. The lowest BCUT2D eigenvalue weighted by Crippen LogP contribution is -2.01. The van der Waals surface area contributed by atoms with Crippen molar-refractivity contribution < 1.29 is 0 Å². The van der Waals surface area contributed by atoms with Crippen LogP contribution in [-0.4, -0.2) is 15.0 Å². The van der Waals surface area contributed by atoms with Gasteiger partial charge in [-0.25, -0.2) is 15.0 Å². The summed E-state index contributed by atoms with van der Waals surface area (Å²) in [6, 6.07) is 53.4. The van der Waals surface area contributed by atoms with E-state index in [-0.39, 0.29) is 0 Å². The molecule has 45 heavy (non-hydrogen) atoms. The van der Waals surface area contributed by atoms with Crippen LogP contribution in [0.15, 0.2) is 152 Å². The normalized spacial score (nSPS) is 11.6. The molecule has 210 valence electrons. The average molecular weight is 592 g/mol. The summed E-state index contributed by atoms with van der Waals surface area (Å²) in [5.74, 6) is 1.99. The molecular weight excluding hydrogens is 567 g/mol. The lowest BCUT2D eigenvalue weighted by Gasteiger charge is -2.14. The first-order valence-electron chi connectivity index (χ1n) is 15.0. The molecule has 0 aliphatic heterocycles. The van der Waals surface area contributed by atoms with E-state index in [0.29, 0.717) is 17.5 Å². The molecular formula is C41H25N3S. The van der Waals surface area contributed by atoms with Crippen molar-refractivity contribution in [2.45, 2.75) is 0 Å². The van der Waals surface area contributed by atoms with E-state index in [2.05, 4.69) is 133 Å². The fourth-order valence-electron chi connectivity index (χ4n) is 6.30. The average Bonchev–Trinajstić information content (AvgIpc) is 3.55. The van der Waals surface area contributed by atoms with Gasteiger partial charge in [-0.15, -0.1) is 11.3 Å². The van der Waals surface area contributed by atoms with Gasteiger partial charge in [0, 0.05) is 26.3 Å². The first-order valence-corrected chi connectivity index (χ1v) is 15.8. The van der Waals surface area contributed by atoms with Gasteiger partial charge in [0.25, 0.3) is 0 Å². The van der Waals surface area contributed by atoms with Crippen molar-refractivity contribution in [3.63, 3.8) is 0 Å². The van der Waals surface area contributed by atoms with Crippen LogP contribution in [-0.2, 0) is 0 Å². The molecule has 0 spiro atoms. The van der Waals surface area contributed by atoms with Gasteiger partial charge in [0.2, 0.25) is 0 Å². The first-order chi connectivity index (χ1) is 22.3. The highest BCUT2D eigenvalue weighted by atomic mass is 32.1. The lowest BCUT2D eigenvalue weighted by atomic mass is 9.93. The zero-order valence-electron chi connectivity index (χ0n) is 24.2. The maximum Gasteiger partial charge on any atom is 0.165 e. The lowest BCUT2D eigenvalue weighted by molar-refractivity contribution is 1.08. The highest BCUT2D eigenvalue weighted by Crippen LogP contribution is 2.39. The van der Waals surface area contributed by atoms with Gasteiger partial charge < -0.3 is 0 Å². The van der Waals surface area contributed by atoms with Crippen molar-refractivity contribution >= 4 is 53.7 Å². The fourth-order valence-corrected chi connectivity index (χ4v) is 7.37. The summed E-state index contributed by atoms with van der Waals surface area (Å²) in [6.07, 6.45) is 0. The number of rotatable bonds is 4. The van der Waals surface area contributed by atoms with Gasteiger partial charge in [-0.3, -0.25) is 0 Å². The van der Waals surface area contributed by atoms with E-state index in [9.17, 15) is 0 Å². The maximum absolute atomic E-state index is 5.20. The highest BCUT2D eigenvalue weighted by molar-refractivity contribution is 7.22. The van der Waals surface area contributed by atoms with Gasteiger partial charge in [0.1, 0.15) is 0 Å². The summed E-state index contributed by atoms with van der Waals surface area (Å²) in [4.78, 5) is 16.6. The minimum absolute atomic E-state index is 0.656. The molecule has 0 radical (unpaired) electrons. The molecule has 0 fully saturated rings. The number of benzene rings is 7. The SMILES string of the molecule is c1ccc(-c2nc(-c3ccc(-c4cc5ccccc5s4)cc3)nc(-c3c4ccccc4cc4c3ccc3ccccc34)n2)cc1. The van der Waals surface area contributed by atoms with Gasteiger partial charge >= 0.3 is 0 Å². The van der Waals surface area contributed by atoms with Crippen molar-refractivity contribution in [2.75, 3.05) is 0 Å². The van der Waals surface area contributed by atoms with E-state index in [1.807, 2.05) is 29.5 Å². The molecule has 0 unspecified atom stereocenters. The third-order valence-corrected chi connectivity index (χ3v) is 9.68. The van der Waals surface area contributed by atoms with Crippen molar-refractivity contribution in [3.05, 3.63) is 152 Å². The van der Waals surface area contributed by atoms with Crippen molar-refractivity contribution in [3.8, 4) is 44.6 Å². The number of hydrogen-bond donors (Lipinski definition) is 0. The summed E-state index contributed by atoms with van der Waals surface area (Å²) < 4.78 is 1.29. The van der Waals surface area contributed by atoms with Crippen LogP contribution in [0.1, 0.15) is 0 Å². The van der Waals surface area contributed by atoms with E-state index in [1.165, 1.54) is 36.7 Å². The Morgan fingerprint density at radius 3 is 1.73 bits per heavy atom. The molecule has 0 N–H and O–H groups in total. The van der Waals surface area contributed by atoms with Gasteiger partial charge in [-0.2, -0.15) is 0 Å². The number of hydrogen-bond acceptors (Lipinski definition) is 4. The predicted octanol–water partition coefficient (Wildman–Crippen LogP) is 11.2. The molecule has 0 saturated heterocycles. The van der Waals surface area contributed by atoms with Crippen LogP contribution in [0.2, 0.25) is 0 Å². The summed E-state index contributed by atoms with van der Waals surface area (Å²) in [5.41, 5.74) is 4.12. The van der Waals surface area contributed by atoms with Crippen molar-refractivity contribution in [1.29, 1.82) is 0 Å². The number of nitrogens with zero attached hydrogens (tertiary/aromatic N) is 3. The standard InChI is InChI=1S/C41H25N3S/c1-2-11-28(12-3-1)39-42-40(29-20-18-27(19-21-29)37-25-31-14-6-9-17-36(31)45-37)44-41(43-39)38-33-16-8-5-13-30(33)24-35-32-15-7-4-10-26(32)22-23-34(35)38/h1-25H. The molecule has 7 aromatic carbocycles. The third-order valence-electron chi connectivity index (χ3n) is 8.51. The topological polar surface area (TPSA) is 38.7 Å². The minimum atomic E-state index is 0.656. The zero-order chi connectivity index (χ0) is 29.7. The molecule has 0 aliphatic carbocycles. The van der Waals surface area contributed by atoms with Crippen LogP contribution >= 0.6 is 11.3 Å². The Bertz CT molecular complexity index is 2500. The van der Waals surface area contributed by atoms with E-state index in [1.54, 1.807) is 0 Å². The van der Waals surface area contributed by atoms with E-state index in [4.69, 9.17) is 15.0 Å². The number of aromatic nitrogens is 3. The van der Waals surface area contributed by atoms with Gasteiger partial charge in [-0.1, -0.05) is 133 Å². The van der Waals surface area contributed by atoms with E-state index < -0.39 is 0 Å². The number of fused-ring (bicyclic) bond motifs is 5. The van der Waals surface area contributed by atoms with Gasteiger partial charge in [0.15, 0.2) is 17.5 Å². The van der Waals surface area contributed by atoms with E-state index >= 15 is 0 Å². The number of thiophene rings is 1. The summed E-state index contributed by atoms with van der Waals surface area (Å²) in [7, 11) is 0. The fraction of sp³-hybridized carbons (Fsp3) is 0.